The molecule has 0 atom stereocenters. The van der Waals surface area contributed by atoms with Crippen molar-refractivity contribution in [1.29, 1.82) is 0 Å². The minimum atomic E-state index is -0.126. The van der Waals surface area contributed by atoms with Gasteiger partial charge >= 0.3 is 0 Å². The minimum Gasteiger partial charge on any atom is -0.302 e. The highest BCUT2D eigenvalue weighted by Crippen LogP contribution is 2.31. The third kappa shape index (κ3) is 4.59. The van der Waals surface area contributed by atoms with Crippen molar-refractivity contribution in [1.82, 2.24) is 9.71 Å². The second-order valence-corrected chi connectivity index (χ2v) is 7.15. The molecule has 1 amide bonds. The van der Waals surface area contributed by atoms with Crippen LogP contribution in [0.2, 0.25) is 10.0 Å². The van der Waals surface area contributed by atoms with E-state index >= 15 is 0 Å². The average Bonchev–Trinajstić information content (AvgIpc) is 2.74. The number of benzene rings is 1. The predicted octanol–water partition coefficient (Wildman–Crippen LogP) is 4.51. The zero-order valence-electron chi connectivity index (χ0n) is 11.4. The van der Waals surface area contributed by atoms with Gasteiger partial charge in [-0.1, -0.05) is 46.7 Å². The first-order chi connectivity index (χ1) is 9.97. The Morgan fingerprint density at radius 2 is 2.19 bits per heavy atom. The van der Waals surface area contributed by atoms with Gasteiger partial charge in [-0.25, -0.2) is 4.98 Å². The van der Waals surface area contributed by atoms with Gasteiger partial charge in [0.05, 0.1) is 15.7 Å². The summed E-state index contributed by atoms with van der Waals surface area (Å²) in [4.78, 5) is 15.3. The molecule has 0 saturated carbocycles. The lowest BCUT2D eigenvalue weighted by Crippen LogP contribution is -2.04. The van der Waals surface area contributed by atoms with Crippen LogP contribution in [0.1, 0.15) is 18.2 Å². The van der Waals surface area contributed by atoms with E-state index in [4.69, 9.17) is 23.2 Å². The van der Waals surface area contributed by atoms with E-state index in [1.54, 1.807) is 6.07 Å². The Kier molecular flexibility index (Phi) is 5.89. The van der Waals surface area contributed by atoms with Crippen LogP contribution < -0.4 is 10.0 Å². The first-order valence-corrected chi connectivity index (χ1v) is 8.44. The number of rotatable bonds is 5. The first-order valence-electron chi connectivity index (χ1n) is 6.05. The van der Waals surface area contributed by atoms with Crippen molar-refractivity contribution in [3.63, 3.8) is 0 Å². The van der Waals surface area contributed by atoms with Crippen LogP contribution in [0.3, 0.4) is 0 Å². The number of anilines is 1. The molecule has 0 fully saturated rings. The Hall–Kier alpha value is -0.790. The second kappa shape index (κ2) is 7.47. The van der Waals surface area contributed by atoms with E-state index < -0.39 is 0 Å². The molecular weight excluding hydrogens is 349 g/mol. The van der Waals surface area contributed by atoms with Gasteiger partial charge in [0.15, 0.2) is 5.13 Å². The molecule has 0 aliphatic carbocycles. The van der Waals surface area contributed by atoms with E-state index in [2.05, 4.69) is 15.0 Å². The molecule has 1 heterocycles. The fourth-order valence-corrected chi connectivity index (χ4v) is 3.81. The van der Waals surface area contributed by atoms with Crippen LogP contribution >= 0.6 is 46.5 Å². The lowest BCUT2D eigenvalue weighted by atomic mass is 10.2. The number of amides is 1. The maximum atomic E-state index is 11.0. The van der Waals surface area contributed by atoms with E-state index in [0.717, 1.165) is 15.5 Å². The SMILES string of the molecule is CC(=O)Nc1nc(C)c(SNCc2cccc(Cl)c2Cl)s1. The maximum Gasteiger partial charge on any atom is 0.223 e. The summed E-state index contributed by atoms with van der Waals surface area (Å²) in [6, 6.07) is 5.54. The summed E-state index contributed by atoms with van der Waals surface area (Å²) >= 11 is 15.0. The topological polar surface area (TPSA) is 54.0 Å². The number of aromatic nitrogens is 1. The Morgan fingerprint density at radius 1 is 1.43 bits per heavy atom. The van der Waals surface area contributed by atoms with Crippen molar-refractivity contribution in [3.05, 3.63) is 39.5 Å². The maximum absolute atomic E-state index is 11.0. The smallest absolute Gasteiger partial charge is 0.223 e. The van der Waals surface area contributed by atoms with Crippen LogP contribution in [-0.4, -0.2) is 10.9 Å². The molecule has 0 bridgehead atoms. The number of hydrogen-bond donors (Lipinski definition) is 2. The zero-order chi connectivity index (χ0) is 15.4. The molecule has 0 unspecified atom stereocenters. The fourth-order valence-electron chi connectivity index (χ4n) is 1.55. The monoisotopic (exact) mass is 361 g/mol. The highest BCUT2D eigenvalue weighted by atomic mass is 35.5. The molecule has 1 aromatic heterocycles. The molecule has 21 heavy (non-hydrogen) atoms. The molecule has 0 aliphatic heterocycles. The van der Waals surface area contributed by atoms with Crippen LogP contribution in [0.25, 0.3) is 0 Å². The lowest BCUT2D eigenvalue weighted by Gasteiger charge is -2.06. The first kappa shape index (κ1) is 16.6. The van der Waals surface area contributed by atoms with Gasteiger partial charge in [0.25, 0.3) is 0 Å². The summed E-state index contributed by atoms with van der Waals surface area (Å²) in [5.74, 6) is -0.126. The minimum absolute atomic E-state index is 0.126. The molecule has 0 aliphatic rings. The van der Waals surface area contributed by atoms with Gasteiger partial charge in [0.1, 0.15) is 4.21 Å². The molecule has 2 aromatic rings. The van der Waals surface area contributed by atoms with Crippen LogP contribution in [0, 0.1) is 6.92 Å². The molecular formula is C13H13Cl2N3OS2. The summed E-state index contributed by atoms with van der Waals surface area (Å²) < 4.78 is 4.22. The van der Waals surface area contributed by atoms with Gasteiger partial charge < -0.3 is 5.32 Å². The summed E-state index contributed by atoms with van der Waals surface area (Å²) in [7, 11) is 0. The highest BCUT2D eigenvalue weighted by molar-refractivity contribution is 7.99. The summed E-state index contributed by atoms with van der Waals surface area (Å²) in [6.45, 7) is 3.94. The normalized spacial score (nSPS) is 10.7. The number of nitrogens with one attached hydrogen (secondary N) is 2. The number of aryl methyl sites for hydroxylation is 1. The third-order valence-electron chi connectivity index (χ3n) is 2.50. The van der Waals surface area contributed by atoms with Gasteiger partial charge in [-0.3, -0.25) is 9.52 Å². The van der Waals surface area contributed by atoms with Gasteiger partial charge in [0.2, 0.25) is 5.91 Å². The van der Waals surface area contributed by atoms with Gasteiger partial charge in [-0.15, -0.1) is 0 Å². The second-order valence-electron chi connectivity index (χ2n) is 4.21. The molecule has 1 aromatic carbocycles. The van der Waals surface area contributed by atoms with Crippen molar-refractivity contribution in [2.24, 2.45) is 0 Å². The van der Waals surface area contributed by atoms with Crippen molar-refractivity contribution < 1.29 is 4.79 Å². The zero-order valence-corrected chi connectivity index (χ0v) is 14.5. The van der Waals surface area contributed by atoms with Crippen LogP contribution in [0.5, 0.6) is 0 Å². The van der Waals surface area contributed by atoms with Crippen molar-refractivity contribution in [2.45, 2.75) is 24.6 Å². The highest BCUT2D eigenvalue weighted by Gasteiger charge is 2.10. The third-order valence-corrected chi connectivity index (χ3v) is 5.49. The standard InChI is InChI=1S/C13H13Cl2N3OS2/c1-7-12(20-13(17-7)18-8(2)19)21-16-6-9-4-3-5-10(14)11(9)15/h3-5,16H,6H2,1-2H3,(H,17,18,19). The number of nitrogens with zero attached hydrogens (tertiary/aromatic N) is 1. The molecule has 0 saturated heterocycles. The van der Waals surface area contributed by atoms with E-state index in [1.165, 1.54) is 30.2 Å². The average molecular weight is 362 g/mol. The van der Waals surface area contributed by atoms with E-state index in [0.29, 0.717) is 21.7 Å². The fraction of sp³-hybridized carbons (Fsp3) is 0.231. The molecule has 4 nitrogen and oxygen atoms in total. The van der Waals surface area contributed by atoms with Crippen molar-refractivity contribution in [2.75, 3.05) is 5.32 Å². The van der Waals surface area contributed by atoms with Crippen LogP contribution in [0.15, 0.2) is 22.4 Å². The molecule has 2 rings (SSSR count). The van der Waals surface area contributed by atoms with Crippen LogP contribution in [-0.2, 0) is 11.3 Å². The molecule has 2 N–H and O–H groups in total. The van der Waals surface area contributed by atoms with Crippen LogP contribution in [0.4, 0.5) is 5.13 Å². The number of halogens is 2. The van der Waals surface area contributed by atoms with E-state index in [9.17, 15) is 4.79 Å². The number of carbonyl (C=O) groups is 1. The largest absolute Gasteiger partial charge is 0.302 e. The number of hydrogen-bond acceptors (Lipinski definition) is 5. The predicted molar refractivity (Wildman–Crippen MR) is 90.3 cm³/mol. The van der Waals surface area contributed by atoms with Gasteiger partial charge in [-0.2, -0.15) is 0 Å². The number of carbonyl (C=O) groups excluding carboxylic acids is 1. The Labute approximate surface area is 141 Å². The summed E-state index contributed by atoms with van der Waals surface area (Å²) in [5.41, 5.74) is 1.80. The van der Waals surface area contributed by atoms with Gasteiger partial charge in [-0.05, 0) is 30.5 Å². The van der Waals surface area contributed by atoms with E-state index in [1.807, 2.05) is 19.1 Å². The molecule has 8 heteroatoms. The van der Waals surface area contributed by atoms with Crippen molar-refractivity contribution >= 4 is 57.5 Å². The Morgan fingerprint density at radius 3 is 2.90 bits per heavy atom. The molecule has 0 radical (unpaired) electrons. The van der Waals surface area contributed by atoms with Gasteiger partial charge in [0, 0.05) is 13.5 Å². The summed E-state index contributed by atoms with van der Waals surface area (Å²) in [5, 5.41) is 4.39. The Balaban J connectivity index is 1.96. The quantitative estimate of drug-likeness (QED) is 0.769. The molecule has 112 valence electrons. The Bertz CT molecular complexity index is 661. The van der Waals surface area contributed by atoms with Crippen molar-refractivity contribution in [3.8, 4) is 0 Å². The lowest BCUT2D eigenvalue weighted by molar-refractivity contribution is -0.114. The molecule has 0 spiro atoms. The number of thiazole rings is 1. The summed E-state index contributed by atoms with van der Waals surface area (Å²) in [6.07, 6.45) is 0. The van der Waals surface area contributed by atoms with E-state index in [-0.39, 0.29) is 5.91 Å².